The van der Waals surface area contributed by atoms with Gasteiger partial charge in [-0.05, 0) is 24.8 Å². The molecule has 34 heavy (non-hydrogen) atoms. The molecule has 3 aromatic rings. The zero-order valence-electron chi connectivity index (χ0n) is 19.2. The van der Waals surface area contributed by atoms with E-state index in [4.69, 9.17) is 4.74 Å². The van der Waals surface area contributed by atoms with Gasteiger partial charge in [-0.1, -0.05) is 30.3 Å². The minimum Gasteiger partial charge on any atom is -0.378 e. The number of nitriles is 1. The lowest BCUT2D eigenvalue weighted by molar-refractivity contribution is -0.135. The fourth-order valence-electron chi connectivity index (χ4n) is 4.88. The number of hydrogen-bond donors (Lipinski definition) is 0. The molecule has 4 heterocycles. The normalized spacial score (nSPS) is 16.6. The van der Waals surface area contributed by atoms with Crippen molar-refractivity contribution in [3.8, 4) is 6.07 Å². The Kier molecular flexibility index (Phi) is 6.32. The van der Waals surface area contributed by atoms with Crippen molar-refractivity contribution in [3.63, 3.8) is 0 Å². The van der Waals surface area contributed by atoms with Crippen LogP contribution in [0.3, 0.4) is 0 Å². The molecule has 0 unspecified atom stereocenters. The van der Waals surface area contributed by atoms with E-state index < -0.39 is 0 Å². The van der Waals surface area contributed by atoms with Crippen molar-refractivity contribution in [1.29, 1.82) is 5.26 Å². The Morgan fingerprint density at radius 3 is 2.50 bits per heavy atom. The number of hydrogen-bond acceptors (Lipinski definition) is 6. The Morgan fingerprint density at radius 1 is 1.06 bits per heavy atom. The van der Waals surface area contributed by atoms with Gasteiger partial charge in [0.05, 0.1) is 19.5 Å². The number of morpholine rings is 1. The first kappa shape index (κ1) is 22.2. The second-order valence-electron chi connectivity index (χ2n) is 8.80. The molecule has 0 saturated carbocycles. The molecule has 2 aliphatic rings. The summed E-state index contributed by atoms with van der Waals surface area (Å²) < 4.78 is 8.62. The maximum Gasteiger partial charge on any atom is 0.278 e. The van der Waals surface area contributed by atoms with Crippen LogP contribution in [-0.2, 0) is 22.6 Å². The van der Waals surface area contributed by atoms with Crippen LogP contribution in [0.5, 0.6) is 0 Å². The number of piperidine rings is 1. The molecule has 5 rings (SSSR count). The number of carbonyl (C=O) groups is 1. The predicted octanol–water partition coefficient (Wildman–Crippen LogP) is 1.97. The molecule has 0 bridgehead atoms. The van der Waals surface area contributed by atoms with Crippen molar-refractivity contribution in [2.24, 2.45) is 0 Å². The second-order valence-corrected chi connectivity index (χ2v) is 8.80. The summed E-state index contributed by atoms with van der Waals surface area (Å²) in [4.78, 5) is 35.0. The molecule has 1 amide bonds. The molecule has 0 spiro atoms. The molecule has 0 atom stereocenters. The molecular weight excluding hydrogens is 432 g/mol. The number of ether oxygens (including phenoxy) is 1. The lowest BCUT2D eigenvalue weighted by Gasteiger charge is -2.30. The number of amides is 1. The Bertz CT molecular complexity index is 1280. The number of anilines is 1. The highest BCUT2D eigenvalue weighted by Gasteiger charge is 2.27. The lowest BCUT2D eigenvalue weighted by atomic mass is 10.1. The van der Waals surface area contributed by atoms with Crippen molar-refractivity contribution in [3.05, 3.63) is 58.1 Å². The van der Waals surface area contributed by atoms with E-state index in [9.17, 15) is 14.9 Å². The maximum atomic E-state index is 13.7. The average Bonchev–Trinajstić information content (AvgIpc) is 3.21. The summed E-state index contributed by atoms with van der Waals surface area (Å²) in [5.74, 6) is 0.618. The van der Waals surface area contributed by atoms with Crippen molar-refractivity contribution >= 4 is 22.8 Å². The minimum atomic E-state index is -0.303. The van der Waals surface area contributed by atoms with Crippen LogP contribution in [-0.4, -0.2) is 64.3 Å². The van der Waals surface area contributed by atoms with Gasteiger partial charge in [0.15, 0.2) is 0 Å². The fraction of sp³-hybridized carbons (Fsp3) is 0.440. The zero-order valence-corrected chi connectivity index (χ0v) is 19.2. The molecule has 2 saturated heterocycles. The van der Waals surface area contributed by atoms with E-state index in [0.29, 0.717) is 49.4 Å². The molecule has 0 radical (unpaired) electrons. The van der Waals surface area contributed by atoms with Crippen LogP contribution in [0, 0.1) is 11.3 Å². The first-order chi connectivity index (χ1) is 16.7. The highest BCUT2D eigenvalue weighted by atomic mass is 16.5. The van der Waals surface area contributed by atoms with Crippen LogP contribution in [0.4, 0.5) is 5.82 Å². The number of nitrogens with zero attached hydrogens (tertiary/aromatic N) is 6. The smallest absolute Gasteiger partial charge is 0.278 e. The Hall–Kier alpha value is -3.64. The monoisotopic (exact) mass is 460 g/mol. The van der Waals surface area contributed by atoms with Gasteiger partial charge in [-0.25, -0.2) is 4.98 Å². The van der Waals surface area contributed by atoms with Crippen molar-refractivity contribution in [2.45, 2.75) is 32.4 Å². The Labute approximate surface area is 197 Å². The summed E-state index contributed by atoms with van der Waals surface area (Å²) in [5, 5.41) is 10.1. The van der Waals surface area contributed by atoms with Crippen molar-refractivity contribution in [1.82, 2.24) is 19.0 Å². The van der Waals surface area contributed by atoms with Gasteiger partial charge < -0.3 is 19.1 Å². The van der Waals surface area contributed by atoms with E-state index in [-0.39, 0.29) is 18.0 Å². The number of aromatic nitrogens is 3. The van der Waals surface area contributed by atoms with Gasteiger partial charge in [-0.3, -0.25) is 14.2 Å². The van der Waals surface area contributed by atoms with Crippen LogP contribution in [0.2, 0.25) is 0 Å². The van der Waals surface area contributed by atoms with E-state index in [2.05, 4.69) is 16.0 Å². The van der Waals surface area contributed by atoms with Crippen molar-refractivity contribution in [2.75, 3.05) is 44.3 Å². The average molecular weight is 461 g/mol. The van der Waals surface area contributed by atoms with E-state index in [0.717, 1.165) is 43.7 Å². The first-order valence-electron chi connectivity index (χ1n) is 11.8. The topological polar surface area (TPSA) is 96.4 Å². The molecule has 0 N–H and O–H groups in total. The van der Waals surface area contributed by atoms with Gasteiger partial charge in [0.1, 0.15) is 35.0 Å². The molecule has 9 nitrogen and oxygen atoms in total. The molecule has 0 aliphatic carbocycles. The van der Waals surface area contributed by atoms with Crippen LogP contribution >= 0.6 is 0 Å². The fourth-order valence-corrected chi connectivity index (χ4v) is 4.88. The molecule has 9 heteroatoms. The molecule has 2 aliphatic heterocycles. The zero-order chi connectivity index (χ0) is 23.5. The number of rotatable bonds is 5. The van der Waals surface area contributed by atoms with Crippen LogP contribution in [0.15, 0.2) is 41.5 Å². The third-order valence-corrected chi connectivity index (χ3v) is 6.62. The second kappa shape index (κ2) is 9.69. The standard InChI is InChI=1S/C25H28N6O3/c26-15-20-22-23(25(33)30(18-27-22)17-21(32)28-11-13-34-14-12-28)31(16-19-7-3-1-4-8-19)24(20)29-9-5-2-6-10-29/h1,3-4,7-8,18H,2,5-6,9-14,16-17H2. The number of benzene rings is 1. The third kappa shape index (κ3) is 4.17. The minimum absolute atomic E-state index is 0.0841. The Balaban J connectivity index is 1.62. The molecular formula is C25H28N6O3. The van der Waals surface area contributed by atoms with E-state index in [1.54, 1.807) is 4.90 Å². The quantitative estimate of drug-likeness (QED) is 0.578. The third-order valence-electron chi connectivity index (χ3n) is 6.62. The highest BCUT2D eigenvalue weighted by molar-refractivity contribution is 5.89. The largest absolute Gasteiger partial charge is 0.378 e. The Morgan fingerprint density at radius 2 is 1.79 bits per heavy atom. The number of carbonyl (C=O) groups excluding carboxylic acids is 1. The van der Waals surface area contributed by atoms with Crippen molar-refractivity contribution < 1.29 is 9.53 Å². The summed E-state index contributed by atoms with van der Waals surface area (Å²) >= 11 is 0. The lowest BCUT2D eigenvalue weighted by Crippen LogP contribution is -2.43. The van der Waals surface area contributed by atoms with E-state index >= 15 is 0 Å². The molecule has 1 aromatic carbocycles. The van der Waals surface area contributed by atoms with Gasteiger partial charge in [0, 0.05) is 32.7 Å². The van der Waals surface area contributed by atoms with E-state index in [1.165, 1.54) is 10.9 Å². The van der Waals surface area contributed by atoms with Gasteiger partial charge in [0.2, 0.25) is 5.91 Å². The summed E-state index contributed by atoms with van der Waals surface area (Å²) in [5.41, 5.74) is 1.93. The summed E-state index contributed by atoms with van der Waals surface area (Å²) in [6, 6.07) is 12.2. The summed E-state index contributed by atoms with van der Waals surface area (Å²) in [6.45, 7) is 4.08. The molecule has 176 valence electrons. The molecule has 2 aromatic heterocycles. The summed E-state index contributed by atoms with van der Waals surface area (Å²) in [7, 11) is 0. The van der Waals surface area contributed by atoms with Crippen LogP contribution in [0.1, 0.15) is 30.4 Å². The maximum absolute atomic E-state index is 13.7. The van der Waals surface area contributed by atoms with Gasteiger partial charge in [0.25, 0.3) is 5.56 Å². The number of fused-ring (bicyclic) bond motifs is 1. The first-order valence-corrected chi connectivity index (χ1v) is 11.8. The van der Waals surface area contributed by atoms with Gasteiger partial charge in [-0.15, -0.1) is 0 Å². The molecule has 2 fully saturated rings. The van der Waals surface area contributed by atoms with E-state index in [1.807, 2.05) is 34.9 Å². The van der Waals surface area contributed by atoms with Crippen LogP contribution in [0.25, 0.3) is 11.0 Å². The summed E-state index contributed by atoms with van der Waals surface area (Å²) in [6.07, 6.45) is 4.65. The highest BCUT2D eigenvalue weighted by Crippen LogP contribution is 2.32. The van der Waals surface area contributed by atoms with Gasteiger partial charge in [-0.2, -0.15) is 5.26 Å². The predicted molar refractivity (Wildman–Crippen MR) is 128 cm³/mol. The van der Waals surface area contributed by atoms with Gasteiger partial charge >= 0.3 is 0 Å². The van der Waals surface area contributed by atoms with Crippen LogP contribution < -0.4 is 10.5 Å². The SMILES string of the molecule is N#Cc1c(N2CCCCC2)n(Cc2ccccc2)c2c(=O)n(CC(=O)N3CCOCC3)cnc12.